The maximum absolute atomic E-state index is 11.5. The Morgan fingerprint density at radius 1 is 1.38 bits per heavy atom. The van der Waals surface area contributed by atoms with Crippen molar-refractivity contribution in [3.63, 3.8) is 0 Å². The summed E-state index contributed by atoms with van der Waals surface area (Å²) < 4.78 is 0. The second kappa shape index (κ2) is 4.77. The molecule has 0 N–H and O–H groups in total. The lowest BCUT2D eigenvalue weighted by Crippen LogP contribution is -2.08. The standard InChI is InChI=1S/C10H10ClNO/c1-2-12-10(11)9(13)8-6-4-3-5-7-8/h3-7H,2H2,1H3. The van der Waals surface area contributed by atoms with Crippen LogP contribution in [-0.2, 0) is 0 Å². The van der Waals surface area contributed by atoms with Crippen molar-refractivity contribution in [2.24, 2.45) is 4.99 Å². The lowest BCUT2D eigenvalue weighted by molar-refractivity contribution is 0.106. The summed E-state index contributed by atoms with van der Waals surface area (Å²) in [5, 5.41) is 0.0497. The topological polar surface area (TPSA) is 29.4 Å². The summed E-state index contributed by atoms with van der Waals surface area (Å²) in [5.41, 5.74) is 0.574. The van der Waals surface area contributed by atoms with Crippen molar-refractivity contribution in [1.29, 1.82) is 0 Å². The van der Waals surface area contributed by atoms with Crippen molar-refractivity contribution in [2.75, 3.05) is 6.54 Å². The summed E-state index contributed by atoms with van der Waals surface area (Å²) in [6.45, 7) is 2.36. The molecule has 0 radical (unpaired) electrons. The van der Waals surface area contributed by atoms with Gasteiger partial charge in [0, 0.05) is 12.1 Å². The van der Waals surface area contributed by atoms with E-state index in [-0.39, 0.29) is 11.0 Å². The van der Waals surface area contributed by atoms with Crippen LogP contribution in [0.5, 0.6) is 0 Å². The summed E-state index contributed by atoms with van der Waals surface area (Å²) in [6.07, 6.45) is 0. The molecule has 0 amide bonds. The zero-order valence-corrected chi connectivity index (χ0v) is 8.08. The Balaban J connectivity index is 2.86. The van der Waals surface area contributed by atoms with Gasteiger partial charge in [-0.25, -0.2) is 0 Å². The number of ketones is 1. The molecular formula is C10H10ClNO. The molecule has 0 saturated carbocycles. The van der Waals surface area contributed by atoms with Gasteiger partial charge >= 0.3 is 0 Å². The van der Waals surface area contributed by atoms with E-state index in [1.54, 1.807) is 24.3 Å². The molecule has 68 valence electrons. The average Bonchev–Trinajstić information content (AvgIpc) is 2.18. The smallest absolute Gasteiger partial charge is 0.222 e. The summed E-state index contributed by atoms with van der Waals surface area (Å²) in [4.78, 5) is 15.3. The van der Waals surface area contributed by atoms with Crippen LogP contribution in [0.2, 0.25) is 0 Å². The van der Waals surface area contributed by atoms with Crippen LogP contribution in [-0.4, -0.2) is 17.5 Å². The molecule has 0 fully saturated rings. The lowest BCUT2D eigenvalue weighted by atomic mass is 10.1. The largest absolute Gasteiger partial charge is 0.286 e. The second-order valence-corrected chi connectivity index (χ2v) is 2.82. The van der Waals surface area contributed by atoms with Gasteiger partial charge in [0.1, 0.15) is 0 Å². The van der Waals surface area contributed by atoms with Gasteiger partial charge < -0.3 is 0 Å². The van der Waals surface area contributed by atoms with Gasteiger partial charge in [0.15, 0.2) is 5.17 Å². The van der Waals surface area contributed by atoms with Crippen LogP contribution < -0.4 is 0 Å². The maximum atomic E-state index is 11.5. The Kier molecular flexibility index (Phi) is 3.65. The van der Waals surface area contributed by atoms with Crippen LogP contribution >= 0.6 is 11.6 Å². The molecule has 13 heavy (non-hydrogen) atoms. The van der Waals surface area contributed by atoms with Gasteiger partial charge in [-0.2, -0.15) is 0 Å². The molecule has 0 atom stereocenters. The van der Waals surface area contributed by atoms with E-state index >= 15 is 0 Å². The third-order valence-electron chi connectivity index (χ3n) is 1.52. The molecule has 0 aliphatic carbocycles. The molecular weight excluding hydrogens is 186 g/mol. The van der Waals surface area contributed by atoms with Gasteiger partial charge in [0.05, 0.1) is 0 Å². The number of halogens is 1. The van der Waals surface area contributed by atoms with Gasteiger partial charge in [-0.1, -0.05) is 41.9 Å². The van der Waals surface area contributed by atoms with E-state index in [0.29, 0.717) is 12.1 Å². The predicted molar refractivity (Wildman–Crippen MR) is 54.6 cm³/mol. The Morgan fingerprint density at radius 2 is 2.00 bits per heavy atom. The number of benzene rings is 1. The van der Waals surface area contributed by atoms with Crippen LogP contribution in [0.1, 0.15) is 17.3 Å². The number of carbonyl (C=O) groups excluding carboxylic acids is 1. The van der Waals surface area contributed by atoms with Crippen molar-refractivity contribution < 1.29 is 4.79 Å². The normalized spacial score (nSPS) is 11.4. The van der Waals surface area contributed by atoms with E-state index in [1.807, 2.05) is 13.0 Å². The van der Waals surface area contributed by atoms with E-state index in [9.17, 15) is 4.79 Å². The number of Topliss-reactive ketones (excluding diaryl/α,β-unsaturated/α-hetero) is 1. The molecule has 0 bridgehead atoms. The fraction of sp³-hybridized carbons (Fsp3) is 0.200. The van der Waals surface area contributed by atoms with Crippen molar-refractivity contribution >= 4 is 22.6 Å². The molecule has 3 heteroatoms. The highest BCUT2D eigenvalue weighted by Gasteiger charge is 2.09. The first kappa shape index (κ1) is 9.93. The number of hydrogen-bond acceptors (Lipinski definition) is 2. The van der Waals surface area contributed by atoms with Gasteiger partial charge in [-0.3, -0.25) is 9.79 Å². The van der Waals surface area contributed by atoms with Crippen LogP contribution in [0.15, 0.2) is 35.3 Å². The highest BCUT2D eigenvalue weighted by atomic mass is 35.5. The summed E-state index contributed by atoms with van der Waals surface area (Å²) >= 11 is 5.67. The molecule has 0 aliphatic heterocycles. The van der Waals surface area contributed by atoms with E-state index < -0.39 is 0 Å². The minimum Gasteiger partial charge on any atom is -0.286 e. The summed E-state index contributed by atoms with van der Waals surface area (Å²) in [7, 11) is 0. The Hall–Kier alpha value is -1.15. The maximum Gasteiger partial charge on any atom is 0.222 e. The fourth-order valence-electron chi connectivity index (χ4n) is 0.919. The van der Waals surface area contributed by atoms with Crippen LogP contribution in [0.25, 0.3) is 0 Å². The Labute approximate surface area is 82.3 Å². The molecule has 0 heterocycles. The molecule has 1 aromatic carbocycles. The predicted octanol–water partition coefficient (Wildman–Crippen LogP) is 2.53. The van der Waals surface area contributed by atoms with E-state index in [2.05, 4.69) is 4.99 Å². The van der Waals surface area contributed by atoms with Crippen molar-refractivity contribution in [2.45, 2.75) is 6.92 Å². The van der Waals surface area contributed by atoms with E-state index in [4.69, 9.17) is 11.6 Å². The highest BCUT2D eigenvalue weighted by molar-refractivity contribution is 6.84. The molecule has 0 aromatic heterocycles. The third kappa shape index (κ3) is 2.67. The first-order valence-electron chi connectivity index (χ1n) is 4.05. The Bertz CT molecular complexity index is 319. The molecule has 0 unspecified atom stereocenters. The minimum atomic E-state index is -0.218. The number of hydrogen-bond donors (Lipinski definition) is 0. The average molecular weight is 196 g/mol. The molecule has 0 aliphatic rings. The van der Waals surface area contributed by atoms with Crippen molar-refractivity contribution in [3.05, 3.63) is 35.9 Å². The molecule has 1 aromatic rings. The SMILES string of the molecule is CCN=C(Cl)C(=O)c1ccccc1. The van der Waals surface area contributed by atoms with Crippen LogP contribution in [0.4, 0.5) is 0 Å². The van der Waals surface area contributed by atoms with Crippen LogP contribution in [0, 0.1) is 0 Å². The van der Waals surface area contributed by atoms with Gasteiger partial charge in [0.25, 0.3) is 0 Å². The van der Waals surface area contributed by atoms with E-state index in [1.165, 1.54) is 0 Å². The second-order valence-electron chi connectivity index (χ2n) is 2.46. The first-order chi connectivity index (χ1) is 6.25. The third-order valence-corrected chi connectivity index (χ3v) is 1.81. The Morgan fingerprint density at radius 3 is 2.54 bits per heavy atom. The summed E-state index contributed by atoms with van der Waals surface area (Å²) in [5.74, 6) is -0.218. The minimum absolute atomic E-state index is 0.0497. The summed E-state index contributed by atoms with van der Waals surface area (Å²) in [6, 6.07) is 8.88. The fourth-order valence-corrected chi connectivity index (χ4v) is 1.15. The zero-order chi connectivity index (χ0) is 9.68. The van der Waals surface area contributed by atoms with Crippen molar-refractivity contribution in [1.82, 2.24) is 0 Å². The van der Waals surface area contributed by atoms with Crippen molar-refractivity contribution in [3.8, 4) is 0 Å². The number of rotatable bonds is 3. The van der Waals surface area contributed by atoms with E-state index in [0.717, 1.165) is 0 Å². The zero-order valence-electron chi connectivity index (χ0n) is 7.33. The lowest BCUT2D eigenvalue weighted by Gasteiger charge is -1.96. The molecule has 2 nitrogen and oxygen atoms in total. The first-order valence-corrected chi connectivity index (χ1v) is 4.43. The van der Waals surface area contributed by atoms with Gasteiger partial charge in [0.2, 0.25) is 5.78 Å². The van der Waals surface area contributed by atoms with Crippen LogP contribution in [0.3, 0.4) is 0 Å². The number of nitrogens with zero attached hydrogens (tertiary/aromatic N) is 1. The highest BCUT2D eigenvalue weighted by Crippen LogP contribution is 2.03. The number of aliphatic imine (C=N–C) groups is 1. The van der Waals surface area contributed by atoms with Gasteiger partial charge in [-0.15, -0.1) is 0 Å². The molecule has 0 spiro atoms. The molecule has 1 rings (SSSR count). The monoisotopic (exact) mass is 195 g/mol. The van der Waals surface area contributed by atoms with Gasteiger partial charge in [-0.05, 0) is 6.92 Å². The number of carbonyl (C=O) groups is 1. The quantitative estimate of drug-likeness (QED) is 0.538. The molecule has 0 saturated heterocycles.